The molecule has 0 atom stereocenters. The second-order valence-corrected chi connectivity index (χ2v) is 6.92. The maximum absolute atomic E-state index is 12.5. The zero-order valence-corrected chi connectivity index (χ0v) is 15.7. The molecule has 3 nitrogen and oxygen atoms in total. The monoisotopic (exact) mass is 367 g/mol. The van der Waals surface area contributed by atoms with Crippen LogP contribution in [0.3, 0.4) is 0 Å². The third kappa shape index (κ3) is 3.74. The largest absolute Gasteiger partial charge is 0.457 e. The molecule has 0 aromatic heterocycles. The summed E-state index contributed by atoms with van der Waals surface area (Å²) in [6.07, 6.45) is 0. The number of hydrogen-bond acceptors (Lipinski definition) is 3. The highest BCUT2D eigenvalue weighted by Gasteiger charge is 2.10. The molecular weight excluding hydrogens is 346 g/mol. The van der Waals surface area contributed by atoms with Crippen LogP contribution in [0.15, 0.2) is 84.9 Å². The minimum atomic E-state index is -0.327. The van der Waals surface area contributed by atoms with Crippen LogP contribution >= 0.6 is 0 Å². The van der Waals surface area contributed by atoms with E-state index < -0.39 is 0 Å². The lowest BCUT2D eigenvalue weighted by molar-refractivity contribution is 0.0473. The lowest BCUT2D eigenvalue weighted by Crippen LogP contribution is -2.05. The molecule has 0 radical (unpaired) electrons. The number of carbonyl (C=O) groups excluding carboxylic acids is 1. The summed E-state index contributed by atoms with van der Waals surface area (Å²) in [5.41, 5.74) is 11.4. The van der Waals surface area contributed by atoms with E-state index in [9.17, 15) is 4.79 Å². The van der Waals surface area contributed by atoms with Gasteiger partial charge in [-0.3, -0.25) is 0 Å². The van der Waals surface area contributed by atoms with Crippen LogP contribution < -0.4 is 5.73 Å². The van der Waals surface area contributed by atoms with Crippen molar-refractivity contribution in [2.75, 3.05) is 5.73 Å². The van der Waals surface area contributed by atoms with E-state index in [0.29, 0.717) is 5.56 Å². The fourth-order valence-electron chi connectivity index (χ4n) is 3.40. The van der Waals surface area contributed by atoms with Crippen molar-refractivity contribution in [3.05, 3.63) is 102 Å². The third-order valence-electron chi connectivity index (χ3n) is 4.83. The fourth-order valence-corrected chi connectivity index (χ4v) is 3.40. The minimum Gasteiger partial charge on any atom is -0.457 e. The van der Waals surface area contributed by atoms with Gasteiger partial charge in [0.2, 0.25) is 0 Å². The Morgan fingerprint density at radius 1 is 0.857 bits per heavy atom. The second kappa shape index (κ2) is 7.57. The van der Waals surface area contributed by atoms with E-state index in [1.54, 1.807) is 6.07 Å². The lowest BCUT2D eigenvalue weighted by atomic mass is 9.97. The van der Waals surface area contributed by atoms with Gasteiger partial charge in [-0.25, -0.2) is 4.79 Å². The Bertz CT molecular complexity index is 1150. The van der Waals surface area contributed by atoms with E-state index >= 15 is 0 Å². The van der Waals surface area contributed by atoms with Crippen LogP contribution in [0.25, 0.3) is 21.9 Å². The Hall–Kier alpha value is -3.59. The molecule has 0 aliphatic rings. The van der Waals surface area contributed by atoms with Gasteiger partial charge in [-0.05, 0) is 70.3 Å². The Morgan fingerprint density at radius 2 is 1.64 bits per heavy atom. The molecule has 0 saturated carbocycles. The van der Waals surface area contributed by atoms with Gasteiger partial charge in [-0.2, -0.15) is 0 Å². The molecule has 0 aliphatic heterocycles. The topological polar surface area (TPSA) is 52.3 Å². The van der Waals surface area contributed by atoms with Crippen molar-refractivity contribution in [3.8, 4) is 11.1 Å². The number of nitrogen functional groups attached to an aromatic ring is 1. The van der Waals surface area contributed by atoms with Gasteiger partial charge < -0.3 is 10.5 Å². The molecule has 2 N–H and O–H groups in total. The number of benzene rings is 4. The summed E-state index contributed by atoms with van der Waals surface area (Å²) in [6, 6.07) is 27.4. The van der Waals surface area contributed by atoms with E-state index in [1.807, 2.05) is 60.7 Å². The molecule has 4 aromatic rings. The van der Waals surface area contributed by atoms with Gasteiger partial charge in [0.25, 0.3) is 0 Å². The van der Waals surface area contributed by atoms with Crippen molar-refractivity contribution in [2.24, 2.45) is 0 Å². The zero-order chi connectivity index (χ0) is 19.5. The molecule has 4 rings (SSSR count). The predicted octanol–water partition coefficient (Wildman–Crippen LogP) is 5.75. The minimum absolute atomic E-state index is 0.262. The Labute approximate surface area is 164 Å². The Morgan fingerprint density at radius 3 is 2.46 bits per heavy atom. The van der Waals surface area contributed by atoms with E-state index in [2.05, 4.69) is 25.1 Å². The van der Waals surface area contributed by atoms with Crippen LogP contribution in [0.1, 0.15) is 21.5 Å². The van der Waals surface area contributed by atoms with E-state index in [1.165, 1.54) is 5.39 Å². The fraction of sp³-hybridized carbons (Fsp3) is 0.0800. The molecule has 3 heteroatoms. The Balaban J connectivity index is 1.59. The van der Waals surface area contributed by atoms with Crippen LogP contribution in [0.5, 0.6) is 0 Å². The number of esters is 1. The van der Waals surface area contributed by atoms with E-state index in [0.717, 1.165) is 33.3 Å². The van der Waals surface area contributed by atoms with E-state index in [-0.39, 0.29) is 12.6 Å². The smallest absolute Gasteiger partial charge is 0.338 e. The van der Waals surface area contributed by atoms with Crippen LogP contribution in [-0.4, -0.2) is 5.97 Å². The molecule has 0 fully saturated rings. The highest BCUT2D eigenvalue weighted by molar-refractivity contribution is 5.94. The number of aryl methyl sites for hydroxylation is 1. The van der Waals surface area contributed by atoms with Gasteiger partial charge in [0.05, 0.1) is 5.56 Å². The van der Waals surface area contributed by atoms with Gasteiger partial charge in [-0.15, -0.1) is 0 Å². The first-order valence-electron chi connectivity index (χ1n) is 9.21. The van der Waals surface area contributed by atoms with Crippen LogP contribution in [-0.2, 0) is 11.3 Å². The molecule has 0 bridgehead atoms. The molecule has 4 aromatic carbocycles. The van der Waals surface area contributed by atoms with Crippen molar-refractivity contribution >= 4 is 22.4 Å². The predicted molar refractivity (Wildman–Crippen MR) is 114 cm³/mol. The van der Waals surface area contributed by atoms with Crippen molar-refractivity contribution in [2.45, 2.75) is 13.5 Å². The number of rotatable bonds is 4. The number of anilines is 1. The average Bonchev–Trinajstić information content (AvgIpc) is 2.72. The molecule has 28 heavy (non-hydrogen) atoms. The summed E-state index contributed by atoms with van der Waals surface area (Å²) in [7, 11) is 0. The lowest BCUT2D eigenvalue weighted by Gasteiger charge is -2.09. The van der Waals surface area contributed by atoms with Gasteiger partial charge in [0.15, 0.2) is 0 Å². The van der Waals surface area contributed by atoms with Gasteiger partial charge >= 0.3 is 5.97 Å². The summed E-state index contributed by atoms with van der Waals surface area (Å²) >= 11 is 0. The van der Waals surface area contributed by atoms with Gasteiger partial charge in [-0.1, -0.05) is 54.6 Å². The van der Waals surface area contributed by atoms with Crippen molar-refractivity contribution in [1.29, 1.82) is 0 Å². The van der Waals surface area contributed by atoms with Crippen molar-refractivity contribution < 1.29 is 9.53 Å². The maximum Gasteiger partial charge on any atom is 0.338 e. The zero-order valence-electron chi connectivity index (χ0n) is 15.7. The van der Waals surface area contributed by atoms with Gasteiger partial charge in [0.1, 0.15) is 6.61 Å². The summed E-state index contributed by atoms with van der Waals surface area (Å²) in [5, 5.41) is 2.27. The number of hydrogen-bond donors (Lipinski definition) is 1. The third-order valence-corrected chi connectivity index (χ3v) is 4.83. The maximum atomic E-state index is 12.5. The second-order valence-electron chi connectivity index (χ2n) is 6.92. The van der Waals surface area contributed by atoms with Crippen LogP contribution in [0.4, 0.5) is 5.69 Å². The van der Waals surface area contributed by atoms with Crippen molar-refractivity contribution in [1.82, 2.24) is 0 Å². The highest BCUT2D eigenvalue weighted by atomic mass is 16.5. The number of fused-ring (bicyclic) bond motifs is 1. The molecule has 138 valence electrons. The highest BCUT2D eigenvalue weighted by Crippen LogP contribution is 2.28. The Kier molecular flexibility index (Phi) is 4.81. The normalized spacial score (nSPS) is 10.8. The molecule has 0 spiro atoms. The summed E-state index contributed by atoms with van der Waals surface area (Å²) < 4.78 is 5.45. The molecular formula is C25H21NO2. The summed E-state index contributed by atoms with van der Waals surface area (Å²) in [4.78, 5) is 12.5. The molecule has 0 amide bonds. The first-order chi connectivity index (χ1) is 13.6. The molecule has 0 heterocycles. The molecule has 0 unspecified atom stereocenters. The van der Waals surface area contributed by atoms with Crippen LogP contribution in [0, 0.1) is 6.92 Å². The number of nitrogens with two attached hydrogens (primary N) is 1. The average molecular weight is 367 g/mol. The molecule has 0 aliphatic carbocycles. The summed E-state index contributed by atoms with van der Waals surface area (Å²) in [5.74, 6) is -0.327. The van der Waals surface area contributed by atoms with Crippen molar-refractivity contribution in [3.63, 3.8) is 0 Å². The quantitative estimate of drug-likeness (QED) is 0.369. The number of carbonyl (C=O) groups is 1. The van der Waals surface area contributed by atoms with E-state index in [4.69, 9.17) is 10.5 Å². The van der Waals surface area contributed by atoms with Gasteiger partial charge in [0, 0.05) is 5.69 Å². The first kappa shape index (κ1) is 17.8. The molecule has 0 saturated heterocycles. The summed E-state index contributed by atoms with van der Waals surface area (Å²) in [6.45, 7) is 2.32. The van der Waals surface area contributed by atoms with Crippen LogP contribution in [0.2, 0.25) is 0 Å². The standard InChI is InChI=1S/C25H21NO2/c1-17-12-23(26)15-22-14-20(10-11-24(17)22)19-8-5-9-21(13-19)25(27)28-16-18-6-3-2-4-7-18/h2-15H,16,26H2,1H3. The first-order valence-corrected chi connectivity index (χ1v) is 9.21. The number of ether oxygens (including phenoxy) is 1. The SMILES string of the molecule is Cc1cc(N)cc2cc(-c3cccc(C(=O)OCc4ccccc4)c3)ccc12.